The summed E-state index contributed by atoms with van der Waals surface area (Å²) in [4.78, 5) is 41.0. The molecule has 8 rings (SSSR count). The first-order chi connectivity index (χ1) is 28.2. The number of pyridine rings is 3. The molecule has 294 valence electrons. The maximum absolute atomic E-state index is 14.3. The van der Waals surface area contributed by atoms with Crippen molar-refractivity contribution in [2.24, 2.45) is 0 Å². The molecule has 2 N–H and O–H groups in total. The highest BCUT2D eigenvalue weighted by atomic mass is 16.6. The van der Waals surface area contributed by atoms with Gasteiger partial charge in [0.15, 0.2) is 6.10 Å². The van der Waals surface area contributed by atoms with Crippen LogP contribution in [-0.2, 0) is 16.0 Å². The number of anilines is 1. The van der Waals surface area contributed by atoms with Gasteiger partial charge < -0.3 is 24.8 Å². The summed E-state index contributed by atoms with van der Waals surface area (Å²) in [6.45, 7) is 5.05. The first-order valence-electron chi connectivity index (χ1n) is 19.5. The zero-order valence-corrected chi connectivity index (χ0v) is 32.6. The fourth-order valence-electron chi connectivity index (χ4n) is 8.32. The smallest absolute Gasteiger partial charge is 0.411 e. The first-order valence-corrected chi connectivity index (χ1v) is 19.5. The average Bonchev–Trinajstić information content (AvgIpc) is 3.80. The second kappa shape index (κ2) is 16.0. The topological polar surface area (TPSA) is 158 Å². The van der Waals surface area contributed by atoms with E-state index in [1.165, 1.54) is 18.9 Å². The van der Waals surface area contributed by atoms with E-state index in [0.717, 1.165) is 44.9 Å². The van der Waals surface area contributed by atoms with Gasteiger partial charge in [-0.3, -0.25) is 14.7 Å². The molecule has 1 aliphatic heterocycles. The third-order valence-corrected chi connectivity index (χ3v) is 11.2. The van der Waals surface area contributed by atoms with E-state index in [-0.39, 0.29) is 0 Å². The van der Waals surface area contributed by atoms with Crippen LogP contribution in [0.1, 0.15) is 55.2 Å². The molecule has 2 aromatic carbocycles. The number of hydrogen-bond donors (Lipinski definition) is 2. The molecule has 13 nitrogen and oxygen atoms in total. The van der Waals surface area contributed by atoms with Crippen molar-refractivity contribution in [1.29, 1.82) is 5.26 Å². The number of fused-ring (bicyclic) bond motifs is 4. The monoisotopic (exact) mass is 776 g/mol. The number of nitrogens with one attached hydrogen (secondary N) is 1. The van der Waals surface area contributed by atoms with Crippen molar-refractivity contribution in [3.63, 3.8) is 0 Å². The Morgan fingerprint density at radius 3 is 2.31 bits per heavy atom. The lowest BCUT2D eigenvalue weighted by Crippen LogP contribution is -2.62. The highest BCUT2D eigenvalue weighted by Gasteiger charge is 2.42. The molecule has 0 unspecified atom stereocenters. The van der Waals surface area contributed by atoms with Gasteiger partial charge in [-0.25, -0.2) is 14.3 Å². The van der Waals surface area contributed by atoms with E-state index >= 15 is 0 Å². The molecule has 0 bridgehead atoms. The quantitative estimate of drug-likeness (QED) is 0.152. The number of aromatic nitrogens is 4. The van der Waals surface area contributed by atoms with Crippen molar-refractivity contribution in [2.45, 2.75) is 56.9 Å². The van der Waals surface area contributed by atoms with Gasteiger partial charge in [0.2, 0.25) is 5.91 Å². The fraction of sp³-hybridized carbons (Fsp3) is 0.289. The summed E-state index contributed by atoms with van der Waals surface area (Å²) in [5.41, 5.74) is 6.54. The van der Waals surface area contributed by atoms with Crippen molar-refractivity contribution >= 4 is 23.3 Å². The van der Waals surface area contributed by atoms with E-state index in [4.69, 9.17) is 14.5 Å². The molecule has 4 aromatic heterocycles. The van der Waals surface area contributed by atoms with E-state index in [1.54, 1.807) is 29.3 Å². The minimum Gasteiger partial charge on any atom is -0.492 e. The Morgan fingerprint density at radius 2 is 1.69 bits per heavy atom. The molecule has 2 amide bonds. The number of rotatable bonds is 11. The molecule has 0 saturated carbocycles. The van der Waals surface area contributed by atoms with Gasteiger partial charge in [-0.2, -0.15) is 10.4 Å². The van der Waals surface area contributed by atoms with E-state index in [9.17, 15) is 20.0 Å². The number of aliphatic hydroxyl groups is 1. The second-order valence-corrected chi connectivity index (χ2v) is 14.9. The number of ether oxygens (including phenoxy) is 2. The number of hydrogen-bond acceptors (Lipinski definition) is 10. The molecular formula is C45H44N8O5. The summed E-state index contributed by atoms with van der Waals surface area (Å²) in [6, 6.07) is 28.2. The number of aliphatic hydroxyl groups excluding tert-OH is 1. The molecule has 5 heterocycles. The number of carbonyl (C=O) groups is 2. The average molecular weight is 777 g/mol. The highest BCUT2D eigenvalue weighted by Crippen LogP contribution is 2.45. The van der Waals surface area contributed by atoms with Gasteiger partial charge in [-0.1, -0.05) is 54.6 Å². The Balaban J connectivity index is 1.00. The van der Waals surface area contributed by atoms with Crippen molar-refractivity contribution in [2.75, 3.05) is 31.6 Å². The Labute approximate surface area is 336 Å². The van der Waals surface area contributed by atoms with Crippen molar-refractivity contribution in [3.8, 4) is 34.1 Å². The van der Waals surface area contributed by atoms with Crippen LogP contribution >= 0.6 is 0 Å². The van der Waals surface area contributed by atoms with Crippen LogP contribution < -0.4 is 15.0 Å². The van der Waals surface area contributed by atoms with Crippen LogP contribution in [0.4, 0.5) is 10.6 Å². The van der Waals surface area contributed by atoms with Gasteiger partial charge >= 0.3 is 6.09 Å². The van der Waals surface area contributed by atoms with Crippen molar-refractivity contribution < 1.29 is 24.2 Å². The van der Waals surface area contributed by atoms with Gasteiger partial charge in [-0.15, -0.1) is 0 Å². The predicted molar refractivity (Wildman–Crippen MR) is 218 cm³/mol. The highest BCUT2D eigenvalue weighted by molar-refractivity contribution is 5.88. The number of amides is 2. The summed E-state index contributed by atoms with van der Waals surface area (Å²) in [7, 11) is 1.49. The summed E-state index contributed by atoms with van der Waals surface area (Å²) >= 11 is 0. The molecule has 58 heavy (non-hydrogen) atoms. The summed E-state index contributed by atoms with van der Waals surface area (Å²) in [6.07, 6.45) is 5.81. The Kier molecular flexibility index (Phi) is 10.5. The minimum absolute atomic E-state index is 0.453. The molecule has 1 saturated heterocycles. The van der Waals surface area contributed by atoms with E-state index < -0.39 is 35.8 Å². The van der Waals surface area contributed by atoms with Crippen LogP contribution in [0.25, 0.3) is 27.8 Å². The number of benzene rings is 2. The van der Waals surface area contributed by atoms with Gasteiger partial charge in [0, 0.05) is 72.4 Å². The van der Waals surface area contributed by atoms with E-state index in [1.807, 2.05) is 91.9 Å². The van der Waals surface area contributed by atoms with Crippen LogP contribution in [0.2, 0.25) is 0 Å². The van der Waals surface area contributed by atoms with Crippen molar-refractivity contribution in [1.82, 2.24) is 29.8 Å². The number of nitriles is 1. The predicted octanol–water partition coefficient (Wildman–Crippen LogP) is 6.35. The van der Waals surface area contributed by atoms with E-state index in [2.05, 4.69) is 26.4 Å². The summed E-state index contributed by atoms with van der Waals surface area (Å²) in [5.74, 6) is 0.924. The molecule has 0 radical (unpaired) electrons. The third-order valence-electron chi connectivity index (χ3n) is 11.2. The van der Waals surface area contributed by atoms with Crippen molar-refractivity contribution in [3.05, 3.63) is 132 Å². The van der Waals surface area contributed by atoms with Crippen LogP contribution in [0.5, 0.6) is 5.75 Å². The largest absolute Gasteiger partial charge is 0.492 e. The maximum Gasteiger partial charge on any atom is 0.411 e. The Morgan fingerprint density at radius 1 is 0.983 bits per heavy atom. The van der Waals surface area contributed by atoms with E-state index in [0.29, 0.717) is 55.8 Å². The molecular weight excluding hydrogens is 733 g/mol. The summed E-state index contributed by atoms with van der Waals surface area (Å²) < 4.78 is 13.6. The third kappa shape index (κ3) is 7.30. The molecule has 13 heteroatoms. The zero-order chi connectivity index (χ0) is 40.4. The van der Waals surface area contributed by atoms with Gasteiger partial charge in [0.05, 0.1) is 36.2 Å². The normalized spacial score (nSPS) is 15.5. The van der Waals surface area contributed by atoms with Gasteiger partial charge in [-0.05, 0) is 68.1 Å². The van der Waals surface area contributed by atoms with Crippen LogP contribution in [0, 0.1) is 11.3 Å². The minimum atomic E-state index is -1.22. The number of likely N-dealkylation sites (N-methyl/N-ethyl adjacent to an activating group) is 1. The van der Waals surface area contributed by atoms with Crippen LogP contribution in [0.3, 0.4) is 0 Å². The standard InChI is InChI=1S/C45H44N8O5/c1-4-57-33-23-38(41-31(25-46)27-49-53(41)28-33)30-16-17-39(48-26-30)52-21-18-45(19-22-52,24-32-11-9-10-20-47-32)50-43(55)40(29(2)54)51(3)44(56)58-42-36-14-7-5-12-34(36)35-13-6-8-15-37(35)42/h5-17,20,23,26-29,40,42,54H,4,18-19,21-22,24H2,1-3H3,(H,50,55)/t29-,40+/m1/s1. The maximum atomic E-state index is 14.3. The van der Waals surface area contributed by atoms with Crippen LogP contribution in [0.15, 0.2) is 110 Å². The summed E-state index contributed by atoms with van der Waals surface area (Å²) in [5, 5.41) is 28.4. The SMILES string of the molecule is CCOc1cc(-c2ccc(N3CCC(Cc4ccccn4)(NC(=O)[C@H]([C@@H](C)O)N(C)C(=O)OC4c5ccccc5-c5ccccc54)CC3)nc2)c2c(C#N)cnn2c1. The lowest BCUT2D eigenvalue weighted by Gasteiger charge is -2.44. The zero-order valence-electron chi connectivity index (χ0n) is 32.6. The molecule has 1 fully saturated rings. The number of piperidine rings is 1. The molecule has 6 aromatic rings. The fourth-order valence-corrected chi connectivity index (χ4v) is 8.32. The lowest BCUT2D eigenvalue weighted by molar-refractivity contribution is -0.131. The van der Waals surface area contributed by atoms with Gasteiger partial charge in [0.25, 0.3) is 0 Å². The molecule has 2 aliphatic rings. The molecule has 0 spiro atoms. The number of nitrogens with zero attached hydrogens (tertiary/aromatic N) is 7. The number of carbonyl (C=O) groups excluding carboxylic acids is 2. The Bertz CT molecular complexity index is 2440. The first kappa shape index (κ1) is 38.1. The molecule has 2 atom stereocenters. The van der Waals surface area contributed by atoms with Gasteiger partial charge in [0.1, 0.15) is 23.7 Å². The second-order valence-electron chi connectivity index (χ2n) is 14.9. The van der Waals surface area contributed by atoms with Crippen LogP contribution in [-0.4, -0.2) is 86.0 Å². The lowest BCUT2D eigenvalue weighted by atomic mass is 9.82. The Hall–Kier alpha value is -6.78. The molecule has 1 aliphatic carbocycles.